The molecule has 1 fully saturated rings. The number of amides is 1. The van der Waals surface area contributed by atoms with Gasteiger partial charge in [0, 0.05) is 37.6 Å². The fraction of sp³-hybridized carbons (Fsp3) is 0.259. The molecular formula is C27H28N4O2. The minimum atomic E-state index is -0.435. The molecule has 2 aliphatic rings. The highest BCUT2D eigenvalue weighted by molar-refractivity contribution is 6.24. The van der Waals surface area contributed by atoms with Gasteiger partial charge in [-0.25, -0.2) is 0 Å². The highest BCUT2D eigenvalue weighted by atomic mass is 16.5. The molecule has 0 spiro atoms. The molecule has 1 amide bonds. The number of anilines is 2. The number of rotatable bonds is 7. The standard InChI is InChI=1S/C27H28N4O2/c32-27-25(23-8-4-5-9-24(23)30-27)26(20-6-2-1-3-7-20)29-22-12-10-21(11-13-22)28-14-15-31-16-18-33-19-17-31/h1-13,25,28H,14-19H2,(H,30,32). The molecule has 2 aliphatic heterocycles. The molecule has 5 rings (SSSR count). The van der Waals surface area contributed by atoms with Gasteiger partial charge in [0.05, 0.1) is 24.6 Å². The Morgan fingerprint density at radius 1 is 0.970 bits per heavy atom. The molecule has 2 N–H and O–H groups in total. The third-order valence-corrected chi connectivity index (χ3v) is 6.11. The number of morpholine rings is 1. The van der Waals surface area contributed by atoms with E-state index in [1.165, 1.54) is 0 Å². The Morgan fingerprint density at radius 2 is 1.70 bits per heavy atom. The maximum atomic E-state index is 12.9. The number of benzene rings is 3. The minimum Gasteiger partial charge on any atom is -0.384 e. The summed E-state index contributed by atoms with van der Waals surface area (Å²) in [6, 6.07) is 25.9. The Labute approximate surface area is 194 Å². The van der Waals surface area contributed by atoms with Crippen LogP contribution in [-0.4, -0.2) is 55.9 Å². The largest absolute Gasteiger partial charge is 0.384 e. The predicted molar refractivity (Wildman–Crippen MR) is 133 cm³/mol. The van der Waals surface area contributed by atoms with Crippen LogP contribution in [0.4, 0.5) is 17.1 Å². The monoisotopic (exact) mass is 440 g/mol. The zero-order valence-electron chi connectivity index (χ0n) is 18.5. The highest BCUT2D eigenvalue weighted by Crippen LogP contribution is 2.36. The zero-order valence-corrected chi connectivity index (χ0v) is 18.5. The number of hydrogen-bond acceptors (Lipinski definition) is 5. The lowest BCUT2D eigenvalue weighted by atomic mass is 9.90. The summed E-state index contributed by atoms with van der Waals surface area (Å²) >= 11 is 0. The first-order chi connectivity index (χ1) is 16.3. The smallest absolute Gasteiger partial charge is 0.238 e. The second kappa shape index (κ2) is 9.98. The number of hydrogen-bond donors (Lipinski definition) is 2. The van der Waals surface area contributed by atoms with Crippen LogP contribution in [0.3, 0.4) is 0 Å². The Bertz CT molecular complexity index is 1120. The molecule has 0 bridgehead atoms. The molecule has 6 nitrogen and oxygen atoms in total. The van der Waals surface area contributed by atoms with Crippen LogP contribution in [0.25, 0.3) is 0 Å². The van der Waals surface area contributed by atoms with Crippen LogP contribution in [0.5, 0.6) is 0 Å². The average Bonchev–Trinajstić information content (AvgIpc) is 3.20. The Balaban J connectivity index is 1.36. The maximum Gasteiger partial charge on any atom is 0.238 e. The number of para-hydroxylation sites is 1. The quantitative estimate of drug-likeness (QED) is 0.538. The summed E-state index contributed by atoms with van der Waals surface area (Å²) in [5.74, 6) is -0.477. The number of fused-ring (bicyclic) bond motifs is 1. The fourth-order valence-corrected chi connectivity index (χ4v) is 4.36. The van der Waals surface area contributed by atoms with Crippen LogP contribution < -0.4 is 10.6 Å². The van der Waals surface area contributed by atoms with Crippen molar-refractivity contribution in [1.29, 1.82) is 0 Å². The van der Waals surface area contributed by atoms with Crippen LogP contribution in [0, 0.1) is 0 Å². The van der Waals surface area contributed by atoms with Crippen LogP contribution >= 0.6 is 0 Å². The molecule has 2 heterocycles. The van der Waals surface area contributed by atoms with E-state index in [-0.39, 0.29) is 5.91 Å². The van der Waals surface area contributed by atoms with Crippen molar-refractivity contribution >= 4 is 28.7 Å². The van der Waals surface area contributed by atoms with E-state index in [9.17, 15) is 4.79 Å². The van der Waals surface area contributed by atoms with Crippen LogP contribution in [0.2, 0.25) is 0 Å². The lowest BCUT2D eigenvalue weighted by Gasteiger charge is -2.26. The first-order valence-electron chi connectivity index (χ1n) is 11.5. The molecular weight excluding hydrogens is 412 g/mol. The highest BCUT2D eigenvalue weighted by Gasteiger charge is 2.35. The van der Waals surface area contributed by atoms with Crippen molar-refractivity contribution in [1.82, 2.24) is 4.90 Å². The number of ether oxygens (including phenoxy) is 1. The predicted octanol–water partition coefficient (Wildman–Crippen LogP) is 4.29. The molecule has 6 heteroatoms. The van der Waals surface area contributed by atoms with Gasteiger partial charge in [-0.3, -0.25) is 14.7 Å². The number of nitrogens with one attached hydrogen (secondary N) is 2. The van der Waals surface area contributed by atoms with Crippen LogP contribution in [0.15, 0.2) is 83.9 Å². The topological polar surface area (TPSA) is 66.0 Å². The third-order valence-electron chi connectivity index (χ3n) is 6.11. The van der Waals surface area contributed by atoms with Crippen molar-refractivity contribution in [2.45, 2.75) is 5.92 Å². The van der Waals surface area contributed by atoms with Gasteiger partial charge < -0.3 is 15.4 Å². The first-order valence-corrected chi connectivity index (χ1v) is 11.5. The number of carbonyl (C=O) groups is 1. The molecule has 33 heavy (non-hydrogen) atoms. The Kier molecular flexibility index (Phi) is 6.46. The molecule has 0 saturated carbocycles. The van der Waals surface area contributed by atoms with Crippen molar-refractivity contribution in [2.75, 3.05) is 50.0 Å². The molecule has 0 radical (unpaired) electrons. The van der Waals surface area contributed by atoms with Gasteiger partial charge in [-0.05, 0) is 41.5 Å². The van der Waals surface area contributed by atoms with Crippen LogP contribution in [0.1, 0.15) is 17.0 Å². The molecule has 0 aliphatic carbocycles. The van der Waals surface area contributed by atoms with E-state index < -0.39 is 5.92 Å². The number of aliphatic imine (C=N–C) groups is 1. The molecule has 1 unspecified atom stereocenters. The van der Waals surface area contributed by atoms with Gasteiger partial charge in [0.25, 0.3) is 0 Å². The number of nitrogens with zero attached hydrogens (tertiary/aromatic N) is 2. The first kappa shape index (κ1) is 21.4. The number of carbonyl (C=O) groups excluding carboxylic acids is 1. The van der Waals surface area contributed by atoms with Gasteiger partial charge >= 0.3 is 0 Å². The summed E-state index contributed by atoms with van der Waals surface area (Å²) < 4.78 is 5.40. The van der Waals surface area contributed by atoms with E-state index >= 15 is 0 Å². The van der Waals surface area contributed by atoms with Crippen molar-refractivity contribution < 1.29 is 9.53 Å². The lowest BCUT2D eigenvalue weighted by molar-refractivity contribution is -0.115. The van der Waals surface area contributed by atoms with Crippen LogP contribution in [-0.2, 0) is 9.53 Å². The molecule has 3 aromatic rings. The third kappa shape index (κ3) is 4.97. The maximum absolute atomic E-state index is 12.9. The van der Waals surface area contributed by atoms with E-state index in [2.05, 4.69) is 15.5 Å². The summed E-state index contributed by atoms with van der Waals surface area (Å²) in [5, 5.41) is 6.49. The van der Waals surface area contributed by atoms with Gasteiger partial charge in [0.1, 0.15) is 5.92 Å². The van der Waals surface area contributed by atoms with Gasteiger partial charge in [0.2, 0.25) is 5.91 Å². The van der Waals surface area contributed by atoms with Crippen molar-refractivity contribution in [3.05, 3.63) is 90.0 Å². The molecule has 0 aromatic heterocycles. The summed E-state index contributed by atoms with van der Waals surface area (Å²) in [4.78, 5) is 20.3. The fourth-order valence-electron chi connectivity index (χ4n) is 4.36. The van der Waals surface area contributed by atoms with Gasteiger partial charge in [-0.2, -0.15) is 0 Å². The summed E-state index contributed by atoms with van der Waals surface area (Å²) in [6.45, 7) is 5.51. The molecule has 1 saturated heterocycles. The zero-order chi connectivity index (χ0) is 22.5. The summed E-state index contributed by atoms with van der Waals surface area (Å²) in [5.41, 5.74) is 5.41. The van der Waals surface area contributed by atoms with Crippen molar-refractivity contribution in [3.63, 3.8) is 0 Å². The second-order valence-electron chi connectivity index (χ2n) is 8.30. The van der Waals surface area contributed by atoms with E-state index in [1.54, 1.807) is 0 Å². The SMILES string of the molecule is O=C1Nc2ccccc2C1C(=Nc1ccc(NCCN2CCOCC2)cc1)c1ccccc1. The van der Waals surface area contributed by atoms with Crippen molar-refractivity contribution in [3.8, 4) is 0 Å². The summed E-state index contributed by atoms with van der Waals surface area (Å²) in [6.07, 6.45) is 0. The normalized spacial score (nSPS) is 18.6. The molecule has 3 aromatic carbocycles. The van der Waals surface area contributed by atoms with E-state index in [1.807, 2.05) is 78.9 Å². The van der Waals surface area contributed by atoms with Gasteiger partial charge in [-0.1, -0.05) is 48.5 Å². The molecule has 1 atom stereocenters. The minimum absolute atomic E-state index is 0.0415. The summed E-state index contributed by atoms with van der Waals surface area (Å²) in [7, 11) is 0. The Hall–Kier alpha value is -3.48. The van der Waals surface area contributed by atoms with E-state index in [0.29, 0.717) is 0 Å². The van der Waals surface area contributed by atoms with E-state index in [4.69, 9.17) is 9.73 Å². The second-order valence-corrected chi connectivity index (χ2v) is 8.30. The lowest BCUT2D eigenvalue weighted by Crippen LogP contribution is -2.38. The Morgan fingerprint density at radius 3 is 2.48 bits per heavy atom. The average molecular weight is 441 g/mol. The molecule has 168 valence electrons. The van der Waals surface area contributed by atoms with E-state index in [0.717, 1.165) is 73.3 Å². The van der Waals surface area contributed by atoms with Crippen molar-refractivity contribution in [2.24, 2.45) is 4.99 Å². The van der Waals surface area contributed by atoms with Gasteiger partial charge in [0.15, 0.2) is 0 Å². The van der Waals surface area contributed by atoms with Gasteiger partial charge in [-0.15, -0.1) is 0 Å².